The van der Waals surface area contributed by atoms with Crippen LogP contribution in [0.3, 0.4) is 0 Å². The summed E-state index contributed by atoms with van der Waals surface area (Å²) in [7, 11) is -14.7. The summed E-state index contributed by atoms with van der Waals surface area (Å²) >= 11 is 14.0. The number of halogens is 4. The van der Waals surface area contributed by atoms with Crippen molar-refractivity contribution < 1.29 is 38.8 Å². The lowest BCUT2D eigenvalue weighted by Crippen LogP contribution is -2.25. The maximum Gasteiger partial charge on any atom is 0.261 e. The molecule has 0 unspecified atom stereocenters. The number of pyridine rings is 1. The molecule has 0 saturated heterocycles. The van der Waals surface area contributed by atoms with Crippen LogP contribution in [0.1, 0.15) is 12.0 Å². The molecule has 0 bridgehead atoms. The number of sulfonamides is 4. The van der Waals surface area contributed by atoms with E-state index in [2.05, 4.69) is 129 Å². The van der Waals surface area contributed by atoms with Gasteiger partial charge >= 0.3 is 0 Å². The number of anilines is 10. The third kappa shape index (κ3) is 22.4. The summed E-state index contributed by atoms with van der Waals surface area (Å²) in [6.45, 7) is 0.346. The highest BCUT2D eigenvalue weighted by molar-refractivity contribution is 9.11. The molecule has 19 aromatic rings. The van der Waals surface area contributed by atoms with Gasteiger partial charge in [-0.15, -0.1) is 0 Å². The molecule has 19 rings (SSSR count). The number of nitrogens with one attached hydrogen (secondary N) is 8. The minimum absolute atomic E-state index is 0.0692. The highest BCUT2D eigenvalue weighted by Crippen LogP contribution is 2.35. The first-order chi connectivity index (χ1) is 63.5. The number of rotatable bonds is 27. The van der Waals surface area contributed by atoms with Gasteiger partial charge in [-0.3, -0.25) is 14.4 Å². The predicted octanol–water partition coefficient (Wildman–Crippen LogP) is 19.7. The van der Waals surface area contributed by atoms with Gasteiger partial charge in [0.2, 0.25) is 20.0 Å². The number of hydrogen-bond acceptors (Lipinski definition) is 22. The molecule has 0 aliphatic rings. The summed E-state index contributed by atoms with van der Waals surface area (Å²) in [5.41, 5.74) is 14.4. The van der Waals surface area contributed by atoms with Gasteiger partial charge < -0.3 is 26.4 Å². The van der Waals surface area contributed by atoms with Crippen LogP contribution in [0.2, 0.25) is 0 Å². The molecular formula is C93H75Br4N21O9S4. The number of aliphatic hydroxyl groups excluding tert-OH is 1. The second-order valence-corrected chi connectivity index (χ2v) is 39.0. The first-order valence-electron chi connectivity index (χ1n) is 40.0. The number of fused-ring (bicyclic) bond motifs is 4. The van der Waals surface area contributed by atoms with E-state index >= 15 is 0 Å². The molecule has 658 valence electrons. The van der Waals surface area contributed by atoms with Gasteiger partial charge in [0.1, 0.15) is 23.3 Å². The molecule has 0 fully saturated rings. The highest BCUT2D eigenvalue weighted by Gasteiger charge is 2.23. The fraction of sp³-hybridized carbons (Fsp3) is 0.0430. The molecule has 0 amide bonds. The Kier molecular flexibility index (Phi) is 28.3. The topological polar surface area (TPSA) is 387 Å². The van der Waals surface area contributed by atoms with Gasteiger partial charge in [-0.1, -0.05) is 170 Å². The normalized spacial score (nSPS) is 11.5. The molecule has 9 heterocycles. The van der Waals surface area contributed by atoms with Crippen LogP contribution in [0.25, 0.3) is 67.6 Å². The number of aromatic nitrogens is 13. The fourth-order valence-electron chi connectivity index (χ4n) is 13.2. The standard InChI is InChI=1S/C25H20BrN5O2S.C24H18BrN5O2S.C23H17BrN6O2S.C21H20BrN5O3S/c26-22-17-27-31-24(15-23(30-25(22)31)19-9-5-2-6-10-19)29-20-11-13-21(14-12-20)34(32,33)28-16-18-7-3-1-4-8-18;25-21-16-26-30-23(15-22(28-24(21)30)17-7-3-1-4-8-17)27-18-11-13-20(14-12-18)33(31,32)29-19-9-5-2-6-10-19;24-20-15-26-30-22(14-21(28-23(20)30)16-4-2-1-3-5-16)27-17-6-8-19(9-7-17)33(31,32)29-18-10-12-25-13-11-18;22-18-14-23-27-20(13-19(26-21(18)27)15-5-2-1-3-6-15)25-16-7-9-17(10-8-16)31(29,30)24-11-4-12-28/h1-15,17,28-29H,16H2;1-16,27,29H;1-15,27H,(H,25,29);1-3,5-10,13-14,24-25,28H,4,11-12H2. The summed E-state index contributed by atoms with van der Waals surface area (Å²) in [5, 5.41) is 39.6. The Hall–Kier alpha value is -13.8. The van der Waals surface area contributed by atoms with Crippen molar-refractivity contribution in [3.05, 3.63) is 376 Å². The van der Waals surface area contributed by atoms with Crippen LogP contribution < -0.4 is 40.2 Å². The Morgan fingerprint density at radius 1 is 0.290 bits per heavy atom. The lowest BCUT2D eigenvalue weighted by atomic mass is 10.1. The maximum absolute atomic E-state index is 12.7. The van der Waals surface area contributed by atoms with Crippen LogP contribution in [-0.4, -0.2) is 115 Å². The lowest BCUT2D eigenvalue weighted by molar-refractivity contribution is 0.289. The van der Waals surface area contributed by atoms with Crippen molar-refractivity contribution in [1.29, 1.82) is 0 Å². The molecule has 30 nitrogen and oxygen atoms in total. The number of hydrogen-bond donors (Lipinski definition) is 9. The number of benzene rings is 10. The summed E-state index contributed by atoms with van der Waals surface area (Å²) < 4.78 is 121. The van der Waals surface area contributed by atoms with Crippen molar-refractivity contribution in [3.8, 4) is 45.0 Å². The van der Waals surface area contributed by atoms with E-state index in [0.717, 1.165) is 74.2 Å². The van der Waals surface area contributed by atoms with Gasteiger partial charge in [-0.2, -0.15) is 38.5 Å². The smallest absolute Gasteiger partial charge is 0.261 e. The van der Waals surface area contributed by atoms with Crippen molar-refractivity contribution in [2.24, 2.45) is 0 Å². The Balaban J connectivity index is 0.000000128. The zero-order chi connectivity index (χ0) is 91.1. The summed E-state index contributed by atoms with van der Waals surface area (Å²) in [5.74, 6) is 2.77. The van der Waals surface area contributed by atoms with Crippen LogP contribution >= 0.6 is 63.7 Å². The summed E-state index contributed by atoms with van der Waals surface area (Å²) in [6.07, 6.45) is 10.2. The summed E-state index contributed by atoms with van der Waals surface area (Å²) in [6, 6.07) is 94.4. The van der Waals surface area contributed by atoms with Crippen molar-refractivity contribution in [3.63, 3.8) is 0 Å². The number of nitrogens with zero attached hydrogens (tertiary/aromatic N) is 13. The van der Waals surface area contributed by atoms with Crippen molar-refractivity contribution in [1.82, 2.24) is 72.8 Å². The van der Waals surface area contributed by atoms with Crippen molar-refractivity contribution in [2.75, 3.05) is 43.9 Å². The predicted molar refractivity (Wildman–Crippen MR) is 523 cm³/mol. The minimum atomic E-state index is -3.72. The molecule has 0 saturated carbocycles. The van der Waals surface area contributed by atoms with Gasteiger partial charge in [0.05, 0.1) is 90.7 Å². The van der Waals surface area contributed by atoms with E-state index in [1.165, 1.54) is 24.5 Å². The first-order valence-corrected chi connectivity index (χ1v) is 49.1. The van der Waals surface area contributed by atoms with Crippen LogP contribution in [0.15, 0.2) is 390 Å². The zero-order valence-electron chi connectivity index (χ0n) is 68.5. The van der Waals surface area contributed by atoms with Gasteiger partial charge in [-0.05, 0) is 197 Å². The quantitative estimate of drug-likeness (QED) is 0.0216. The molecule has 0 atom stereocenters. The van der Waals surface area contributed by atoms with Crippen LogP contribution in [0.5, 0.6) is 0 Å². The molecule has 0 radical (unpaired) electrons. The molecule has 10 aromatic carbocycles. The van der Waals surface area contributed by atoms with Crippen molar-refractivity contribution >= 4 is 184 Å². The average molecular weight is 2080 g/mol. The van der Waals surface area contributed by atoms with E-state index in [1.54, 1.807) is 164 Å². The highest BCUT2D eigenvalue weighted by atomic mass is 79.9. The molecule has 0 aliphatic carbocycles. The van der Waals surface area contributed by atoms with Gasteiger partial charge in [0.25, 0.3) is 20.0 Å². The van der Waals surface area contributed by atoms with E-state index in [4.69, 9.17) is 25.0 Å². The van der Waals surface area contributed by atoms with Crippen LogP contribution in [-0.2, 0) is 46.6 Å². The van der Waals surface area contributed by atoms with Gasteiger partial charge in [0.15, 0.2) is 22.6 Å². The number of aliphatic hydroxyl groups is 1. The van der Waals surface area contributed by atoms with Gasteiger partial charge in [-0.25, -0.2) is 63.1 Å². The van der Waals surface area contributed by atoms with Gasteiger partial charge in [0, 0.05) is 107 Å². The average Bonchev–Trinajstić information content (AvgIpc) is 1.70. The molecular weight excluding hydrogens is 2000 g/mol. The number of para-hydroxylation sites is 1. The Morgan fingerprint density at radius 2 is 0.550 bits per heavy atom. The van der Waals surface area contributed by atoms with E-state index in [-0.39, 0.29) is 39.3 Å². The van der Waals surface area contributed by atoms with E-state index in [0.29, 0.717) is 80.7 Å². The Labute approximate surface area is 786 Å². The monoisotopic (exact) mass is 2070 g/mol. The molecule has 0 spiro atoms. The molecule has 9 aromatic heterocycles. The fourth-order valence-corrected chi connectivity index (χ4v) is 18.8. The molecule has 0 aliphatic heterocycles. The third-order valence-electron chi connectivity index (χ3n) is 19.6. The molecule has 9 N–H and O–H groups in total. The molecule has 38 heteroatoms. The van der Waals surface area contributed by atoms with E-state index in [1.807, 2.05) is 182 Å². The third-order valence-corrected chi connectivity index (χ3v) is 27.6. The minimum Gasteiger partial charge on any atom is -0.396 e. The molecule has 131 heavy (non-hydrogen) atoms. The Bertz CT molecular complexity index is 7470. The second kappa shape index (κ2) is 40.9. The SMILES string of the molecule is O=S(=O)(NCCCO)c1ccc(Nc2cc(-c3ccccc3)nc3c(Br)cnn23)cc1.O=S(=O)(NCc1ccccc1)c1ccc(Nc2cc(-c3ccccc3)nc3c(Br)cnn23)cc1.O=S(=O)(Nc1ccccc1)c1ccc(Nc2cc(-c3ccccc3)nc3c(Br)cnn23)cc1.O=S(=O)(Nc1ccncc1)c1ccc(Nc2cc(-c3ccccc3)nc3c(Br)cnn23)cc1. The zero-order valence-corrected chi connectivity index (χ0v) is 78.1. The van der Waals surface area contributed by atoms with Crippen molar-refractivity contribution in [2.45, 2.75) is 32.5 Å². The van der Waals surface area contributed by atoms with E-state index < -0.39 is 40.1 Å². The van der Waals surface area contributed by atoms with Crippen LogP contribution in [0, 0.1) is 0 Å². The Morgan fingerprint density at radius 3 is 0.840 bits per heavy atom. The first kappa shape index (κ1) is 90.6. The van der Waals surface area contributed by atoms with E-state index in [9.17, 15) is 33.7 Å². The maximum atomic E-state index is 12.7. The largest absolute Gasteiger partial charge is 0.396 e. The lowest BCUT2D eigenvalue weighted by Gasteiger charge is -2.12. The summed E-state index contributed by atoms with van der Waals surface area (Å²) in [4.78, 5) is 23.4. The second-order valence-electron chi connectivity index (χ2n) is 28.7. The van der Waals surface area contributed by atoms with Crippen LogP contribution in [0.4, 0.5) is 57.4 Å².